The predicted molar refractivity (Wildman–Crippen MR) is 99.5 cm³/mol. The summed E-state index contributed by atoms with van der Waals surface area (Å²) < 4.78 is 13.8. The Bertz CT molecular complexity index is 659. The number of amidine groups is 1. The third-order valence-corrected chi connectivity index (χ3v) is 4.11. The van der Waals surface area contributed by atoms with Crippen LogP contribution >= 0.6 is 0 Å². The van der Waals surface area contributed by atoms with Crippen molar-refractivity contribution in [2.45, 2.75) is 20.8 Å². The molecule has 0 spiro atoms. The molecule has 1 aliphatic heterocycles. The largest absolute Gasteiger partial charge is 0.366 e. The molecule has 0 saturated carbocycles. The maximum Gasteiger partial charge on any atom is 0.146 e. The minimum atomic E-state index is -0.176. The molecule has 24 heavy (non-hydrogen) atoms. The zero-order chi connectivity index (χ0) is 17.5. The van der Waals surface area contributed by atoms with Gasteiger partial charge < -0.3 is 9.80 Å². The molecule has 1 saturated heterocycles. The van der Waals surface area contributed by atoms with Crippen LogP contribution in [0.2, 0.25) is 0 Å². The fourth-order valence-electron chi connectivity index (χ4n) is 2.77. The highest BCUT2D eigenvalue weighted by Crippen LogP contribution is 2.20. The van der Waals surface area contributed by atoms with E-state index in [0.717, 1.165) is 31.7 Å². The summed E-state index contributed by atoms with van der Waals surface area (Å²) in [6.45, 7) is 8.98. The summed E-state index contributed by atoms with van der Waals surface area (Å²) in [6, 6.07) is 14.9. The van der Waals surface area contributed by atoms with E-state index >= 15 is 0 Å². The molecule has 0 unspecified atom stereocenters. The van der Waals surface area contributed by atoms with E-state index in [1.165, 1.54) is 11.6 Å². The molecule has 0 atom stereocenters. The van der Waals surface area contributed by atoms with E-state index in [0.29, 0.717) is 11.5 Å². The molecule has 0 radical (unpaired) electrons. The predicted octanol–water partition coefficient (Wildman–Crippen LogP) is 4.31. The number of nitrogens with zero attached hydrogens (tertiary/aromatic N) is 2. The molecular formula is C20H26FN3. The van der Waals surface area contributed by atoms with Gasteiger partial charge in [0.05, 0.1) is 5.69 Å². The van der Waals surface area contributed by atoms with Gasteiger partial charge in [-0.1, -0.05) is 55.8 Å². The summed E-state index contributed by atoms with van der Waals surface area (Å²) in [7, 11) is 0. The third-order valence-electron chi connectivity index (χ3n) is 4.11. The number of benzene rings is 2. The van der Waals surface area contributed by atoms with Gasteiger partial charge in [-0.05, 0) is 19.1 Å². The zero-order valence-corrected chi connectivity index (χ0v) is 14.7. The Labute approximate surface area is 144 Å². The number of anilines is 1. The Hall–Kier alpha value is -2.36. The lowest BCUT2D eigenvalue weighted by Crippen LogP contribution is -2.49. The normalized spacial score (nSPS) is 14.0. The highest BCUT2D eigenvalue weighted by molar-refractivity contribution is 5.96. The molecule has 1 N–H and O–H groups in total. The molecule has 3 nitrogen and oxygen atoms in total. The van der Waals surface area contributed by atoms with E-state index in [1.54, 1.807) is 6.07 Å². The van der Waals surface area contributed by atoms with Crippen molar-refractivity contribution in [1.82, 2.24) is 4.90 Å². The maximum absolute atomic E-state index is 13.8. The molecule has 1 fully saturated rings. The first kappa shape index (κ1) is 18.0. The average Bonchev–Trinajstić information content (AvgIpc) is 2.64. The highest BCUT2D eigenvalue weighted by Gasteiger charge is 2.21. The molecule has 128 valence electrons. The molecular weight excluding hydrogens is 301 g/mol. The summed E-state index contributed by atoms with van der Waals surface area (Å²) in [5.41, 5.74) is 2.79. The van der Waals surface area contributed by atoms with E-state index in [9.17, 15) is 4.39 Å². The van der Waals surface area contributed by atoms with Crippen LogP contribution in [0.3, 0.4) is 0 Å². The first-order valence-corrected chi connectivity index (χ1v) is 8.55. The second kappa shape index (κ2) is 8.48. The van der Waals surface area contributed by atoms with Crippen LogP contribution in [0.1, 0.15) is 25.0 Å². The summed E-state index contributed by atoms with van der Waals surface area (Å²) >= 11 is 0. The van der Waals surface area contributed by atoms with Crippen LogP contribution in [0, 0.1) is 18.2 Å². The molecule has 3 rings (SSSR count). The third kappa shape index (κ3) is 4.13. The van der Waals surface area contributed by atoms with Gasteiger partial charge in [0.1, 0.15) is 11.7 Å². The molecule has 2 aromatic rings. The van der Waals surface area contributed by atoms with Crippen molar-refractivity contribution >= 4 is 11.5 Å². The van der Waals surface area contributed by atoms with Crippen molar-refractivity contribution < 1.29 is 4.39 Å². The Morgan fingerprint density at radius 3 is 2.08 bits per heavy atom. The van der Waals surface area contributed by atoms with Gasteiger partial charge in [0.2, 0.25) is 0 Å². The number of para-hydroxylation sites is 1. The quantitative estimate of drug-likeness (QED) is 0.658. The molecule has 2 aromatic carbocycles. The number of rotatable bonds is 2. The Morgan fingerprint density at radius 2 is 1.50 bits per heavy atom. The zero-order valence-electron chi connectivity index (χ0n) is 14.7. The van der Waals surface area contributed by atoms with Gasteiger partial charge in [-0.25, -0.2) is 4.39 Å². The molecule has 1 aliphatic rings. The van der Waals surface area contributed by atoms with Crippen LogP contribution in [0.4, 0.5) is 10.1 Å². The standard InChI is InChI=1S/C18H20FN3.C2H6/c1-14-6-8-15(9-7-14)18(20)22-12-10-21(11-13-22)17-5-3-2-4-16(17)19;1-2/h2-9,20H,10-13H2,1H3;1-2H3. The number of piperazine rings is 1. The number of aryl methyl sites for hydroxylation is 1. The van der Waals surface area contributed by atoms with Crippen molar-refractivity contribution in [3.05, 3.63) is 65.5 Å². The van der Waals surface area contributed by atoms with E-state index in [-0.39, 0.29) is 5.82 Å². The lowest BCUT2D eigenvalue weighted by atomic mass is 10.1. The van der Waals surface area contributed by atoms with Crippen molar-refractivity contribution in [3.8, 4) is 0 Å². The van der Waals surface area contributed by atoms with Crippen LogP contribution in [0.5, 0.6) is 0 Å². The smallest absolute Gasteiger partial charge is 0.146 e. The van der Waals surface area contributed by atoms with Crippen LogP contribution in [0.15, 0.2) is 48.5 Å². The monoisotopic (exact) mass is 327 g/mol. The SMILES string of the molecule is CC.Cc1ccc(C(=N)N2CCN(c3ccccc3F)CC2)cc1. The molecule has 0 amide bonds. The number of nitrogens with one attached hydrogen (secondary N) is 1. The summed E-state index contributed by atoms with van der Waals surface area (Å²) in [5, 5.41) is 8.34. The van der Waals surface area contributed by atoms with Gasteiger partial charge in [0, 0.05) is 31.7 Å². The number of hydrogen-bond donors (Lipinski definition) is 1. The fraction of sp³-hybridized carbons (Fsp3) is 0.350. The highest BCUT2D eigenvalue weighted by atomic mass is 19.1. The molecule has 0 bridgehead atoms. The van der Waals surface area contributed by atoms with Gasteiger partial charge >= 0.3 is 0 Å². The van der Waals surface area contributed by atoms with Gasteiger partial charge in [-0.15, -0.1) is 0 Å². The van der Waals surface area contributed by atoms with Crippen LogP contribution in [0.25, 0.3) is 0 Å². The van der Waals surface area contributed by atoms with Crippen molar-refractivity contribution in [1.29, 1.82) is 5.41 Å². The average molecular weight is 327 g/mol. The summed E-state index contributed by atoms with van der Waals surface area (Å²) in [4.78, 5) is 4.11. The lowest BCUT2D eigenvalue weighted by Gasteiger charge is -2.37. The molecule has 1 heterocycles. The van der Waals surface area contributed by atoms with Gasteiger partial charge in [0.25, 0.3) is 0 Å². The van der Waals surface area contributed by atoms with Crippen molar-refractivity contribution in [3.63, 3.8) is 0 Å². The molecule has 0 aliphatic carbocycles. The minimum Gasteiger partial charge on any atom is -0.366 e. The van der Waals surface area contributed by atoms with Crippen LogP contribution < -0.4 is 4.90 Å². The van der Waals surface area contributed by atoms with E-state index in [2.05, 4.69) is 4.90 Å². The second-order valence-corrected chi connectivity index (χ2v) is 5.64. The van der Waals surface area contributed by atoms with Crippen LogP contribution in [-0.4, -0.2) is 36.9 Å². The second-order valence-electron chi connectivity index (χ2n) is 5.64. The number of halogens is 1. The van der Waals surface area contributed by atoms with E-state index in [4.69, 9.17) is 5.41 Å². The molecule has 0 aromatic heterocycles. The van der Waals surface area contributed by atoms with E-state index in [1.807, 2.05) is 62.1 Å². The lowest BCUT2D eigenvalue weighted by molar-refractivity contribution is 0.382. The maximum atomic E-state index is 13.8. The Balaban J connectivity index is 0.00000100. The molecule has 4 heteroatoms. The first-order valence-electron chi connectivity index (χ1n) is 8.55. The Morgan fingerprint density at radius 1 is 0.917 bits per heavy atom. The van der Waals surface area contributed by atoms with Crippen LogP contribution in [-0.2, 0) is 0 Å². The van der Waals surface area contributed by atoms with Crippen molar-refractivity contribution in [2.75, 3.05) is 31.1 Å². The fourth-order valence-corrected chi connectivity index (χ4v) is 2.77. The minimum absolute atomic E-state index is 0.176. The van der Waals surface area contributed by atoms with Gasteiger partial charge in [-0.2, -0.15) is 0 Å². The summed E-state index contributed by atoms with van der Waals surface area (Å²) in [6.07, 6.45) is 0. The first-order chi connectivity index (χ1) is 11.6. The van der Waals surface area contributed by atoms with Crippen molar-refractivity contribution in [2.24, 2.45) is 0 Å². The summed E-state index contributed by atoms with van der Waals surface area (Å²) in [5.74, 6) is 0.373. The van der Waals surface area contributed by atoms with E-state index < -0.39 is 0 Å². The van der Waals surface area contributed by atoms with Gasteiger partial charge in [0.15, 0.2) is 0 Å². The topological polar surface area (TPSA) is 30.3 Å². The number of hydrogen-bond acceptors (Lipinski definition) is 2. The van der Waals surface area contributed by atoms with Gasteiger partial charge in [-0.3, -0.25) is 5.41 Å². The Kier molecular flexibility index (Phi) is 6.36.